The summed E-state index contributed by atoms with van der Waals surface area (Å²) in [6.45, 7) is 15.2. The molecule has 0 aromatic carbocycles. The van der Waals surface area contributed by atoms with Crippen LogP contribution in [-0.2, 0) is 0 Å². The number of rotatable bonds is 6. The van der Waals surface area contributed by atoms with E-state index < -0.39 is 0 Å². The molecule has 3 heteroatoms. The summed E-state index contributed by atoms with van der Waals surface area (Å²) in [6, 6.07) is 0. The topological polar surface area (TPSA) is 33.5 Å². The Morgan fingerprint density at radius 1 is 1.22 bits per heavy atom. The van der Waals surface area contributed by atoms with Crippen molar-refractivity contribution in [2.45, 2.75) is 40.0 Å². The van der Waals surface area contributed by atoms with Crippen LogP contribution in [0, 0.1) is 6.92 Å². The van der Waals surface area contributed by atoms with E-state index in [2.05, 4.69) is 27.0 Å². The number of unbranched alkanes of at least 4 members (excludes halogenated alkanes) is 1. The van der Waals surface area contributed by atoms with Crippen LogP contribution in [-0.4, -0.2) is 23.9 Å². The molecule has 1 aromatic heterocycles. The van der Waals surface area contributed by atoms with Gasteiger partial charge in [0.15, 0.2) is 5.76 Å². The Morgan fingerprint density at radius 3 is 2.33 bits per heavy atom. The molecule has 100 valence electrons. The van der Waals surface area contributed by atoms with Crippen LogP contribution in [0.2, 0.25) is 0 Å². The van der Waals surface area contributed by atoms with Gasteiger partial charge in [0.05, 0.1) is 0 Å². The summed E-state index contributed by atoms with van der Waals surface area (Å²) in [7, 11) is 0. The number of hydrogen-bond acceptors (Lipinski definition) is 2. The van der Waals surface area contributed by atoms with Gasteiger partial charge in [0.2, 0.25) is 0 Å². The van der Waals surface area contributed by atoms with Crippen molar-refractivity contribution in [3.8, 4) is 0 Å². The number of furan rings is 1. The highest BCUT2D eigenvalue weighted by atomic mass is 16.3. The highest BCUT2D eigenvalue weighted by Gasteiger charge is 2.20. The van der Waals surface area contributed by atoms with E-state index in [4.69, 9.17) is 4.42 Å². The zero-order valence-electron chi connectivity index (χ0n) is 11.7. The van der Waals surface area contributed by atoms with Crippen molar-refractivity contribution in [3.05, 3.63) is 22.0 Å². The van der Waals surface area contributed by atoms with Crippen molar-refractivity contribution in [1.29, 1.82) is 0 Å². The lowest BCUT2D eigenvalue weighted by Crippen LogP contribution is -2.33. The monoisotopic (exact) mass is 249 g/mol. The fourth-order valence-corrected chi connectivity index (χ4v) is 1.89. The van der Waals surface area contributed by atoms with Crippen LogP contribution >= 0.6 is 0 Å². The van der Waals surface area contributed by atoms with Crippen molar-refractivity contribution in [3.63, 3.8) is 0 Å². The molecule has 1 amide bonds. The number of nitrogens with zero attached hydrogens (tertiary/aromatic N) is 1. The van der Waals surface area contributed by atoms with Crippen LogP contribution in [0.25, 0.3) is 13.2 Å². The Morgan fingerprint density at radius 2 is 1.89 bits per heavy atom. The van der Waals surface area contributed by atoms with E-state index >= 15 is 0 Å². The van der Waals surface area contributed by atoms with E-state index in [1.54, 1.807) is 0 Å². The summed E-state index contributed by atoms with van der Waals surface area (Å²) in [6.07, 6.45) is 3.04. The Bertz CT molecular complexity index is 501. The van der Waals surface area contributed by atoms with Gasteiger partial charge in [0.25, 0.3) is 5.91 Å². The first-order valence-electron chi connectivity index (χ1n) is 6.59. The van der Waals surface area contributed by atoms with Crippen LogP contribution in [0.4, 0.5) is 0 Å². The lowest BCUT2D eigenvalue weighted by molar-refractivity contribution is 0.0718. The molecular weight excluding hydrogens is 226 g/mol. The second kappa shape index (κ2) is 6.43. The van der Waals surface area contributed by atoms with Crippen molar-refractivity contribution in [1.82, 2.24) is 4.90 Å². The van der Waals surface area contributed by atoms with E-state index in [1.807, 2.05) is 11.8 Å². The summed E-state index contributed by atoms with van der Waals surface area (Å²) in [5, 5.41) is 0.727. The third-order valence-corrected chi connectivity index (χ3v) is 3.11. The van der Waals surface area contributed by atoms with Gasteiger partial charge < -0.3 is 9.32 Å². The molecule has 0 aliphatic heterocycles. The van der Waals surface area contributed by atoms with Crippen LogP contribution in [0.15, 0.2) is 4.42 Å². The molecule has 0 fully saturated rings. The second-order valence-electron chi connectivity index (χ2n) is 4.60. The van der Waals surface area contributed by atoms with Gasteiger partial charge in [-0.05, 0) is 19.8 Å². The molecule has 0 saturated carbocycles. The van der Waals surface area contributed by atoms with Crippen LogP contribution in [0.1, 0.15) is 49.2 Å². The van der Waals surface area contributed by atoms with E-state index in [1.165, 1.54) is 0 Å². The van der Waals surface area contributed by atoms with Gasteiger partial charge in [-0.2, -0.15) is 0 Å². The smallest absolute Gasteiger partial charge is 0.289 e. The second-order valence-corrected chi connectivity index (χ2v) is 4.60. The Kier molecular flexibility index (Phi) is 5.20. The highest BCUT2D eigenvalue weighted by Crippen LogP contribution is 2.08. The molecule has 0 spiro atoms. The van der Waals surface area contributed by atoms with Crippen molar-refractivity contribution < 1.29 is 9.21 Å². The molecule has 1 rings (SSSR count). The molecule has 18 heavy (non-hydrogen) atoms. The van der Waals surface area contributed by atoms with E-state index in [-0.39, 0.29) is 5.91 Å². The van der Waals surface area contributed by atoms with Crippen LogP contribution in [0.3, 0.4) is 0 Å². The zero-order chi connectivity index (χ0) is 13.7. The molecular formula is C15H23NO2. The summed E-state index contributed by atoms with van der Waals surface area (Å²) in [5.41, 5.74) is 1.30. The van der Waals surface area contributed by atoms with E-state index in [0.717, 1.165) is 43.1 Å². The first-order valence-corrected chi connectivity index (χ1v) is 6.59. The fraction of sp³-hybridized carbons (Fsp3) is 0.533. The van der Waals surface area contributed by atoms with Crippen molar-refractivity contribution >= 4 is 19.1 Å². The summed E-state index contributed by atoms with van der Waals surface area (Å²) in [5.74, 6) is 0.358. The molecule has 1 heterocycles. The average molecular weight is 249 g/mol. The molecule has 3 nitrogen and oxygen atoms in total. The van der Waals surface area contributed by atoms with Gasteiger partial charge in [-0.1, -0.05) is 33.4 Å². The molecule has 0 atom stereocenters. The maximum Gasteiger partial charge on any atom is 0.289 e. The quantitative estimate of drug-likeness (QED) is 0.773. The molecule has 0 aliphatic rings. The van der Waals surface area contributed by atoms with Crippen molar-refractivity contribution in [2.24, 2.45) is 0 Å². The lowest BCUT2D eigenvalue weighted by Gasteiger charge is -2.20. The first kappa shape index (κ1) is 14.6. The van der Waals surface area contributed by atoms with Crippen LogP contribution < -0.4 is 10.6 Å². The Labute approximate surface area is 109 Å². The minimum Gasteiger partial charge on any atom is -0.451 e. The number of amides is 1. The Hall–Kier alpha value is -1.51. The van der Waals surface area contributed by atoms with Crippen LogP contribution in [0.5, 0.6) is 0 Å². The van der Waals surface area contributed by atoms with Gasteiger partial charge in [-0.3, -0.25) is 4.79 Å². The normalized spacial score (nSPS) is 10.6. The molecule has 0 unspecified atom stereocenters. The number of carbonyl (C=O) groups excluding carboxylic acids is 1. The van der Waals surface area contributed by atoms with Gasteiger partial charge in [-0.25, -0.2) is 0 Å². The molecule has 0 N–H and O–H groups in total. The van der Waals surface area contributed by atoms with Gasteiger partial charge in [0, 0.05) is 23.9 Å². The molecule has 0 saturated heterocycles. The predicted molar refractivity (Wildman–Crippen MR) is 74.8 cm³/mol. The van der Waals surface area contributed by atoms with Gasteiger partial charge >= 0.3 is 0 Å². The SMILES string of the molecule is C=c1oc(C(=O)N(CCC)CCCC)c(C)c1=C. The summed E-state index contributed by atoms with van der Waals surface area (Å²) < 4.78 is 5.45. The molecule has 1 aromatic rings. The summed E-state index contributed by atoms with van der Waals surface area (Å²) >= 11 is 0. The lowest BCUT2D eigenvalue weighted by atomic mass is 10.2. The zero-order valence-corrected chi connectivity index (χ0v) is 11.7. The van der Waals surface area contributed by atoms with Crippen molar-refractivity contribution in [2.75, 3.05) is 13.1 Å². The van der Waals surface area contributed by atoms with Gasteiger partial charge in [-0.15, -0.1) is 0 Å². The third kappa shape index (κ3) is 3.03. The molecule has 0 bridgehead atoms. The maximum atomic E-state index is 12.4. The minimum atomic E-state index is -0.0393. The first-order chi connectivity index (χ1) is 8.52. The molecule has 0 aliphatic carbocycles. The number of hydrogen-bond donors (Lipinski definition) is 0. The third-order valence-electron chi connectivity index (χ3n) is 3.11. The standard InChI is InChI=1S/C15H23NO2/c1-6-8-10-16(9-7-2)15(17)14-12(4)11(3)13(5)18-14/h3,5-10H2,1-2,4H3. The highest BCUT2D eigenvalue weighted by molar-refractivity contribution is 5.92. The number of carbonyl (C=O) groups is 1. The largest absolute Gasteiger partial charge is 0.451 e. The van der Waals surface area contributed by atoms with Gasteiger partial charge in [0.1, 0.15) is 5.42 Å². The average Bonchev–Trinajstić information content (AvgIpc) is 2.61. The minimum absolute atomic E-state index is 0.0393. The fourth-order valence-electron chi connectivity index (χ4n) is 1.89. The predicted octanol–water partition coefficient (Wildman–Crippen LogP) is 2.06. The molecule has 0 radical (unpaired) electrons. The Balaban J connectivity index is 2.98. The van der Waals surface area contributed by atoms with E-state index in [0.29, 0.717) is 11.2 Å². The van der Waals surface area contributed by atoms with E-state index in [9.17, 15) is 4.79 Å². The summed E-state index contributed by atoms with van der Waals surface area (Å²) in [4.78, 5) is 14.3. The maximum absolute atomic E-state index is 12.4.